The molecule has 0 atom stereocenters. The minimum absolute atomic E-state index is 0.207. The quantitative estimate of drug-likeness (QED) is 0.684. The standard InChI is InChI=1S/C10H18N4O2/c1-9(2)10(3,4)14(8(16)12-9)13-6-5-11-7(13)15/h5-6H2,1-4H3,(H,11,15)(H,12,16). The van der Waals surface area contributed by atoms with Gasteiger partial charge in [0.1, 0.15) is 0 Å². The highest BCUT2D eigenvalue weighted by molar-refractivity contribution is 5.84. The number of hydrazine groups is 1. The van der Waals surface area contributed by atoms with Crippen molar-refractivity contribution in [3.63, 3.8) is 0 Å². The first-order valence-electron chi connectivity index (χ1n) is 5.45. The van der Waals surface area contributed by atoms with E-state index in [4.69, 9.17) is 0 Å². The average molecular weight is 226 g/mol. The molecule has 0 unspecified atom stereocenters. The van der Waals surface area contributed by atoms with Crippen molar-refractivity contribution in [3.8, 4) is 0 Å². The molecule has 0 saturated carbocycles. The molecule has 0 radical (unpaired) electrons. The van der Waals surface area contributed by atoms with Gasteiger partial charge in [-0.2, -0.15) is 0 Å². The molecule has 0 aromatic carbocycles. The topological polar surface area (TPSA) is 64.7 Å². The normalized spacial score (nSPS) is 27.0. The Hall–Kier alpha value is -1.46. The minimum Gasteiger partial charge on any atom is -0.335 e. The third-order valence-electron chi connectivity index (χ3n) is 3.75. The summed E-state index contributed by atoms with van der Waals surface area (Å²) in [6.45, 7) is 8.94. The number of hydrogen-bond donors (Lipinski definition) is 2. The first-order chi connectivity index (χ1) is 7.27. The Morgan fingerprint density at radius 2 is 1.75 bits per heavy atom. The lowest BCUT2D eigenvalue weighted by Gasteiger charge is -2.41. The molecule has 2 aliphatic heterocycles. The summed E-state index contributed by atoms with van der Waals surface area (Å²) in [7, 11) is 0. The molecule has 0 aliphatic carbocycles. The van der Waals surface area contributed by atoms with Gasteiger partial charge in [0.25, 0.3) is 0 Å². The fraction of sp³-hybridized carbons (Fsp3) is 0.800. The van der Waals surface area contributed by atoms with Crippen LogP contribution in [0.4, 0.5) is 9.59 Å². The summed E-state index contributed by atoms with van der Waals surface area (Å²) in [5.74, 6) is 0. The Morgan fingerprint density at radius 1 is 1.12 bits per heavy atom. The van der Waals surface area contributed by atoms with Crippen LogP contribution in [0, 0.1) is 0 Å². The van der Waals surface area contributed by atoms with Crippen molar-refractivity contribution in [2.45, 2.75) is 38.8 Å². The zero-order valence-electron chi connectivity index (χ0n) is 10.1. The summed E-state index contributed by atoms with van der Waals surface area (Å²) in [4.78, 5) is 23.5. The monoisotopic (exact) mass is 226 g/mol. The van der Waals surface area contributed by atoms with Crippen LogP contribution in [-0.4, -0.2) is 46.2 Å². The van der Waals surface area contributed by atoms with E-state index in [1.165, 1.54) is 10.0 Å². The number of hydrogen-bond acceptors (Lipinski definition) is 2. The van der Waals surface area contributed by atoms with Gasteiger partial charge in [0.05, 0.1) is 17.6 Å². The first kappa shape index (κ1) is 11.0. The van der Waals surface area contributed by atoms with E-state index in [1.807, 2.05) is 27.7 Å². The molecule has 2 fully saturated rings. The average Bonchev–Trinajstić information content (AvgIpc) is 2.55. The highest BCUT2D eigenvalue weighted by atomic mass is 16.2. The van der Waals surface area contributed by atoms with E-state index < -0.39 is 5.54 Å². The van der Waals surface area contributed by atoms with E-state index in [-0.39, 0.29) is 17.6 Å². The Labute approximate surface area is 94.9 Å². The van der Waals surface area contributed by atoms with E-state index in [2.05, 4.69) is 10.6 Å². The van der Waals surface area contributed by atoms with Crippen LogP contribution < -0.4 is 10.6 Å². The maximum Gasteiger partial charge on any atom is 0.337 e. The van der Waals surface area contributed by atoms with E-state index in [9.17, 15) is 9.59 Å². The molecule has 90 valence electrons. The van der Waals surface area contributed by atoms with Gasteiger partial charge in [0, 0.05) is 6.54 Å². The number of urea groups is 2. The van der Waals surface area contributed by atoms with Gasteiger partial charge >= 0.3 is 12.1 Å². The van der Waals surface area contributed by atoms with Crippen molar-refractivity contribution < 1.29 is 9.59 Å². The molecule has 2 rings (SSSR count). The largest absolute Gasteiger partial charge is 0.337 e. The van der Waals surface area contributed by atoms with Gasteiger partial charge < -0.3 is 10.6 Å². The van der Waals surface area contributed by atoms with E-state index in [0.29, 0.717) is 13.1 Å². The van der Waals surface area contributed by atoms with Crippen molar-refractivity contribution in [1.82, 2.24) is 20.7 Å². The molecule has 0 aromatic heterocycles. The van der Waals surface area contributed by atoms with Crippen molar-refractivity contribution in [2.75, 3.05) is 13.1 Å². The number of amides is 4. The Kier molecular flexibility index (Phi) is 2.09. The highest BCUT2D eigenvalue weighted by Crippen LogP contribution is 2.35. The summed E-state index contributed by atoms with van der Waals surface area (Å²) in [6, 6.07) is -0.423. The van der Waals surface area contributed by atoms with Crippen LogP contribution in [-0.2, 0) is 0 Å². The number of rotatable bonds is 1. The van der Waals surface area contributed by atoms with Gasteiger partial charge in [-0.15, -0.1) is 0 Å². The van der Waals surface area contributed by atoms with Crippen molar-refractivity contribution in [1.29, 1.82) is 0 Å². The van der Waals surface area contributed by atoms with Crippen molar-refractivity contribution >= 4 is 12.1 Å². The summed E-state index contributed by atoms with van der Waals surface area (Å²) in [6.07, 6.45) is 0. The van der Waals surface area contributed by atoms with Crippen molar-refractivity contribution in [3.05, 3.63) is 0 Å². The Balaban J connectivity index is 2.34. The molecule has 2 saturated heterocycles. The third-order valence-corrected chi connectivity index (χ3v) is 3.75. The number of carbonyl (C=O) groups is 2. The molecule has 2 aliphatic rings. The summed E-state index contributed by atoms with van der Waals surface area (Å²) in [5, 5.41) is 8.59. The predicted octanol–water partition coefficient (Wildman–Crippen LogP) is 0.509. The fourth-order valence-corrected chi connectivity index (χ4v) is 2.06. The number of nitrogens with zero attached hydrogens (tertiary/aromatic N) is 2. The van der Waals surface area contributed by atoms with Gasteiger partial charge in [-0.05, 0) is 27.7 Å². The van der Waals surface area contributed by atoms with Gasteiger partial charge in [-0.25, -0.2) is 19.6 Å². The van der Waals surface area contributed by atoms with Crippen LogP contribution in [0.1, 0.15) is 27.7 Å². The second-order valence-electron chi connectivity index (χ2n) is 5.28. The van der Waals surface area contributed by atoms with Crippen LogP contribution in [0.2, 0.25) is 0 Å². The fourth-order valence-electron chi connectivity index (χ4n) is 2.06. The minimum atomic E-state index is -0.439. The molecule has 2 N–H and O–H groups in total. The lowest BCUT2D eigenvalue weighted by molar-refractivity contribution is -0.00475. The maximum absolute atomic E-state index is 11.9. The molecule has 0 aromatic rings. The second kappa shape index (κ2) is 3.02. The molecule has 0 bridgehead atoms. The molecule has 6 heteroatoms. The van der Waals surface area contributed by atoms with Crippen molar-refractivity contribution in [2.24, 2.45) is 0 Å². The number of nitrogens with one attached hydrogen (secondary N) is 2. The zero-order valence-corrected chi connectivity index (χ0v) is 10.1. The Morgan fingerprint density at radius 3 is 2.12 bits per heavy atom. The maximum atomic E-state index is 11.9. The SMILES string of the molecule is CC1(C)NC(=O)N(N2CCNC2=O)C1(C)C. The molecule has 0 spiro atoms. The second-order valence-corrected chi connectivity index (χ2v) is 5.28. The summed E-state index contributed by atoms with van der Waals surface area (Å²) < 4.78 is 0. The molecule has 6 nitrogen and oxygen atoms in total. The molecule has 4 amide bonds. The number of carbonyl (C=O) groups excluding carboxylic acids is 2. The first-order valence-corrected chi connectivity index (χ1v) is 5.45. The highest BCUT2D eigenvalue weighted by Gasteiger charge is 2.55. The zero-order chi connectivity index (χ0) is 12.1. The van der Waals surface area contributed by atoms with Gasteiger partial charge in [0.2, 0.25) is 0 Å². The molecule has 16 heavy (non-hydrogen) atoms. The van der Waals surface area contributed by atoms with Gasteiger partial charge in [-0.1, -0.05) is 0 Å². The van der Waals surface area contributed by atoms with Crippen LogP contribution in [0.15, 0.2) is 0 Å². The van der Waals surface area contributed by atoms with E-state index >= 15 is 0 Å². The molecular formula is C10H18N4O2. The lowest BCUT2D eigenvalue weighted by atomic mass is 9.84. The predicted molar refractivity (Wildman–Crippen MR) is 58.6 cm³/mol. The smallest absolute Gasteiger partial charge is 0.335 e. The molecule has 2 heterocycles. The summed E-state index contributed by atoms with van der Waals surface area (Å²) >= 11 is 0. The summed E-state index contributed by atoms with van der Waals surface area (Å²) in [5.41, 5.74) is -0.807. The van der Waals surface area contributed by atoms with Crippen LogP contribution in [0.5, 0.6) is 0 Å². The third kappa shape index (κ3) is 1.25. The molecular weight excluding hydrogens is 208 g/mol. The van der Waals surface area contributed by atoms with Gasteiger partial charge in [-0.3, -0.25) is 0 Å². The van der Waals surface area contributed by atoms with E-state index in [0.717, 1.165) is 0 Å². The Bertz CT molecular complexity index is 351. The lowest BCUT2D eigenvalue weighted by Crippen LogP contribution is -2.59. The van der Waals surface area contributed by atoms with Gasteiger partial charge in [0.15, 0.2) is 0 Å². The van der Waals surface area contributed by atoms with E-state index in [1.54, 1.807) is 0 Å². The van der Waals surface area contributed by atoms with Crippen LogP contribution in [0.3, 0.4) is 0 Å². The van der Waals surface area contributed by atoms with Crippen LogP contribution in [0.25, 0.3) is 0 Å². The van der Waals surface area contributed by atoms with Crippen LogP contribution >= 0.6 is 0 Å².